The van der Waals surface area contributed by atoms with Crippen molar-refractivity contribution < 1.29 is 74.3 Å². The third-order valence-corrected chi connectivity index (χ3v) is 7.32. The van der Waals surface area contributed by atoms with Gasteiger partial charge in [-0.1, -0.05) is 0 Å². The molecular weight excluding hydrogens is 447 g/mol. The first-order chi connectivity index (χ1) is 12.9. The van der Waals surface area contributed by atoms with Crippen LogP contribution in [0.25, 0.3) is 11.2 Å². The fourth-order valence-electron chi connectivity index (χ4n) is 2.69. The van der Waals surface area contributed by atoms with Crippen molar-refractivity contribution in [3.05, 3.63) is 16.7 Å². The Kier molecular flexibility index (Phi) is 7.49. The van der Waals surface area contributed by atoms with Crippen LogP contribution in [0.5, 0.6) is 0 Å². The van der Waals surface area contributed by atoms with Crippen molar-refractivity contribution in [2.24, 2.45) is 0 Å². The molecule has 3 heterocycles. The van der Waals surface area contributed by atoms with Gasteiger partial charge in [-0.05, 0) is 0 Å². The number of hydrogen-bond donors (Lipinski definition) is 7. The van der Waals surface area contributed by atoms with Gasteiger partial charge in [0.15, 0.2) is 23.3 Å². The molecule has 158 valence electrons. The largest absolute Gasteiger partial charge is 1.00 e. The van der Waals surface area contributed by atoms with E-state index in [9.17, 15) is 29.0 Å². The van der Waals surface area contributed by atoms with Crippen LogP contribution >= 0.6 is 15.2 Å². The normalized spacial score (nSPS) is 26.9. The first-order valence-electron chi connectivity index (χ1n) is 7.63. The van der Waals surface area contributed by atoms with Gasteiger partial charge in [0.05, 0.1) is 12.9 Å². The number of nitrogens with zero attached hydrogens (tertiary/aromatic N) is 3. The van der Waals surface area contributed by atoms with Crippen LogP contribution in [0.1, 0.15) is 7.65 Å². The molecule has 0 amide bonds. The maximum atomic E-state index is 11.8. The summed E-state index contributed by atoms with van der Waals surface area (Å²) in [6.07, 6.45) is -4.64. The van der Waals surface area contributed by atoms with Crippen LogP contribution in [-0.2, 0) is 18.4 Å². The predicted molar refractivity (Wildman–Crippen MR) is 92.3 cm³/mol. The second kappa shape index (κ2) is 8.83. The van der Waals surface area contributed by atoms with Gasteiger partial charge in [-0.2, -0.15) is 4.98 Å². The Bertz CT molecular complexity index is 1050. The Morgan fingerprint density at radius 2 is 1.97 bits per heavy atom. The molecule has 0 saturated carbocycles. The molecule has 0 spiro atoms. The molecule has 18 heteroatoms. The number of anilines is 1. The topological polar surface area (TPSA) is 243 Å². The molecule has 1 aliphatic rings. The minimum atomic E-state index is -4.82. The zero-order valence-electron chi connectivity index (χ0n) is 15.9. The van der Waals surface area contributed by atoms with Gasteiger partial charge in [0.1, 0.15) is 18.3 Å². The summed E-state index contributed by atoms with van der Waals surface area (Å²) < 4.78 is 33.7. The van der Waals surface area contributed by atoms with E-state index in [2.05, 4.69) is 19.5 Å². The third-order valence-electron chi connectivity index (χ3n) is 3.87. The minimum Gasteiger partial charge on any atom is -1.00 e. The molecule has 0 aliphatic carbocycles. The smallest absolute Gasteiger partial charge is 1.00 e. The van der Waals surface area contributed by atoms with Crippen molar-refractivity contribution in [1.29, 1.82) is 0 Å². The van der Waals surface area contributed by atoms with Crippen LogP contribution in [0.4, 0.5) is 5.95 Å². The van der Waals surface area contributed by atoms with Gasteiger partial charge in [-0.3, -0.25) is 23.5 Å². The van der Waals surface area contributed by atoms with Crippen molar-refractivity contribution in [2.45, 2.75) is 24.5 Å². The minimum absolute atomic E-state index is 0. The molecule has 2 aromatic heterocycles. The summed E-state index contributed by atoms with van der Waals surface area (Å²) >= 11 is 0. The number of imidazole rings is 1. The summed E-state index contributed by atoms with van der Waals surface area (Å²) in [7, 11) is -9.49. The standard InChI is InChI=1S/C11H17N5O10P2.Na.H/c12-11-14-8-5(9(19)15-11)13-2-16(8)10-7(18)6(17)4(26-10)1-25-28(23,24)3-27(20,21)22;;/h2,4,6-7,10,17-18H,1,3H2,(H,23,24)(H2,20,21,22)(H3,12,14,15,19);;/q;+1;-1/t4-,6-,7-,10-;;/m1../s1. The SMILES string of the molecule is Nc1nc2c(ncn2[C@@H]2O[C@H](COP(=O)(O)CP(=O)(O)O)[C@@H](O)[C@H]2O)c(=O)[nH]1.[H-].[Na+]. The van der Waals surface area contributed by atoms with Crippen molar-refractivity contribution in [3.63, 3.8) is 0 Å². The quantitative estimate of drug-likeness (QED) is 0.156. The number of aliphatic hydroxyl groups is 2. The van der Waals surface area contributed by atoms with Gasteiger partial charge in [0.2, 0.25) is 5.95 Å². The van der Waals surface area contributed by atoms with E-state index in [1.165, 1.54) is 0 Å². The number of fused-ring (bicyclic) bond motifs is 1. The molecule has 1 aliphatic heterocycles. The van der Waals surface area contributed by atoms with E-state index in [0.29, 0.717) is 0 Å². The summed E-state index contributed by atoms with van der Waals surface area (Å²) in [5.41, 5.74) is 4.72. The zero-order valence-corrected chi connectivity index (χ0v) is 18.7. The summed E-state index contributed by atoms with van der Waals surface area (Å²) in [6.45, 7) is -0.745. The average Bonchev–Trinajstić information content (AvgIpc) is 3.06. The molecule has 2 aromatic rings. The van der Waals surface area contributed by atoms with Gasteiger partial charge in [-0.25, -0.2) is 4.98 Å². The van der Waals surface area contributed by atoms with Gasteiger partial charge in [0, 0.05) is 0 Å². The van der Waals surface area contributed by atoms with Crippen molar-refractivity contribution in [2.75, 3.05) is 18.2 Å². The molecular formula is C11H18N5NaO10P2. The van der Waals surface area contributed by atoms with Crippen LogP contribution in [0.3, 0.4) is 0 Å². The Labute approximate surface area is 185 Å². The molecule has 5 atom stereocenters. The van der Waals surface area contributed by atoms with Crippen LogP contribution in [0, 0.1) is 0 Å². The summed E-state index contributed by atoms with van der Waals surface area (Å²) in [6, 6.07) is 0. The van der Waals surface area contributed by atoms with Gasteiger partial charge < -0.3 is 41.3 Å². The molecule has 1 saturated heterocycles. The summed E-state index contributed by atoms with van der Waals surface area (Å²) in [4.78, 5) is 48.8. The molecule has 1 fully saturated rings. The Morgan fingerprint density at radius 3 is 2.59 bits per heavy atom. The zero-order chi connectivity index (χ0) is 20.9. The van der Waals surface area contributed by atoms with E-state index in [-0.39, 0.29) is 48.1 Å². The maximum absolute atomic E-state index is 11.8. The predicted octanol–water partition coefficient (Wildman–Crippen LogP) is -5.23. The van der Waals surface area contributed by atoms with Gasteiger partial charge in [-0.15, -0.1) is 0 Å². The van der Waals surface area contributed by atoms with E-state index < -0.39 is 57.8 Å². The molecule has 0 bridgehead atoms. The number of nitrogen functional groups attached to an aromatic ring is 1. The van der Waals surface area contributed by atoms with E-state index in [0.717, 1.165) is 10.9 Å². The molecule has 0 aromatic carbocycles. The maximum Gasteiger partial charge on any atom is 1.00 e. The van der Waals surface area contributed by atoms with Gasteiger partial charge in [0.25, 0.3) is 5.56 Å². The molecule has 1 unspecified atom stereocenters. The van der Waals surface area contributed by atoms with Crippen molar-refractivity contribution in [3.8, 4) is 0 Å². The summed E-state index contributed by atoms with van der Waals surface area (Å²) in [5, 5.41) is 20.3. The number of nitrogens with two attached hydrogens (primary N) is 1. The van der Waals surface area contributed by atoms with E-state index in [1.54, 1.807) is 0 Å². The molecule has 15 nitrogen and oxygen atoms in total. The number of nitrogens with one attached hydrogen (secondary N) is 1. The Balaban J connectivity index is 0.00000225. The van der Waals surface area contributed by atoms with Gasteiger partial charge >= 0.3 is 44.7 Å². The second-order valence-corrected chi connectivity index (χ2v) is 10.1. The van der Waals surface area contributed by atoms with Crippen LogP contribution in [0.15, 0.2) is 11.1 Å². The van der Waals surface area contributed by atoms with E-state index >= 15 is 0 Å². The monoisotopic (exact) mass is 465 g/mol. The van der Waals surface area contributed by atoms with Crippen LogP contribution in [0.2, 0.25) is 0 Å². The molecule has 29 heavy (non-hydrogen) atoms. The Morgan fingerprint density at radius 1 is 1.31 bits per heavy atom. The fourth-order valence-corrected chi connectivity index (χ4v) is 5.26. The average molecular weight is 465 g/mol. The van der Waals surface area contributed by atoms with Crippen LogP contribution < -0.4 is 40.9 Å². The number of ether oxygens (including phenoxy) is 1. The summed E-state index contributed by atoms with van der Waals surface area (Å²) in [5.74, 6) is -1.63. The van der Waals surface area contributed by atoms with Crippen molar-refractivity contribution in [1.82, 2.24) is 19.5 Å². The number of aliphatic hydroxyl groups excluding tert-OH is 2. The second-order valence-electron chi connectivity index (χ2n) is 6.06. The molecule has 8 N–H and O–H groups in total. The number of rotatable bonds is 6. The van der Waals surface area contributed by atoms with Crippen molar-refractivity contribution >= 4 is 32.3 Å². The van der Waals surface area contributed by atoms with E-state index in [4.69, 9.17) is 20.3 Å². The fraction of sp³-hybridized carbons (Fsp3) is 0.545. The molecule has 0 radical (unpaired) electrons. The third kappa shape index (κ3) is 5.53. The first kappa shape index (κ1) is 24.6. The number of H-pyrrole nitrogens is 1. The molecule has 3 rings (SSSR count). The number of aromatic amines is 1. The van der Waals surface area contributed by atoms with E-state index in [1.807, 2.05) is 0 Å². The number of aromatic nitrogens is 4. The number of hydrogen-bond acceptors (Lipinski definition) is 10. The Hall–Kier alpha value is -0.670. The first-order valence-corrected chi connectivity index (χ1v) is 11.2. The van der Waals surface area contributed by atoms with Crippen LogP contribution in [-0.4, -0.2) is 75.2 Å².